The number of methoxy groups -OCH3 is 2. The first-order valence-corrected chi connectivity index (χ1v) is 15.1. The van der Waals surface area contributed by atoms with Crippen molar-refractivity contribution in [2.75, 3.05) is 26.7 Å². The molecule has 0 saturated carbocycles. The van der Waals surface area contributed by atoms with Gasteiger partial charge in [-0.1, -0.05) is 36.0 Å². The zero-order valence-electron chi connectivity index (χ0n) is 21.3. The Morgan fingerprint density at radius 1 is 0.789 bits per heavy atom. The van der Waals surface area contributed by atoms with E-state index in [9.17, 15) is 4.79 Å². The average molecular weight is 563 g/mol. The lowest BCUT2D eigenvalue weighted by atomic mass is 10.1. The second-order valence-electron chi connectivity index (χ2n) is 8.25. The first kappa shape index (κ1) is 26.3. The van der Waals surface area contributed by atoms with E-state index in [1.54, 1.807) is 42.8 Å². The van der Waals surface area contributed by atoms with Crippen molar-refractivity contribution in [1.29, 1.82) is 0 Å². The molecule has 0 fully saturated rings. The Balaban J connectivity index is 1.48. The number of aromatic amines is 2. The van der Waals surface area contributed by atoms with Gasteiger partial charge in [-0.3, -0.25) is 4.79 Å². The Labute approximate surface area is 233 Å². The van der Waals surface area contributed by atoms with Crippen LogP contribution in [0, 0.1) is 0 Å². The summed E-state index contributed by atoms with van der Waals surface area (Å²) in [5, 5.41) is 1.19. The molecule has 0 aliphatic carbocycles. The third kappa shape index (κ3) is 5.43. The Hall–Kier alpha value is -3.34. The fraction of sp³-hybridized carbons (Fsp3) is 0.179. The quantitative estimate of drug-likeness (QED) is 0.191. The zero-order chi connectivity index (χ0) is 26.6. The van der Waals surface area contributed by atoms with E-state index in [1.165, 1.54) is 28.7 Å². The third-order valence-corrected chi connectivity index (χ3v) is 8.40. The van der Waals surface area contributed by atoms with Crippen LogP contribution in [0.1, 0.15) is 5.82 Å². The smallest absolute Gasteiger partial charge is 0.258 e. The summed E-state index contributed by atoms with van der Waals surface area (Å²) in [5.41, 5.74) is 4.25. The second kappa shape index (κ2) is 11.6. The highest BCUT2D eigenvalue weighted by Crippen LogP contribution is 2.35. The molecule has 38 heavy (non-hydrogen) atoms. The van der Waals surface area contributed by atoms with Gasteiger partial charge < -0.3 is 19.4 Å². The number of ether oxygens (including phenoxy) is 2. The number of nitrogens with zero attached hydrogens (tertiary/aromatic N) is 2. The van der Waals surface area contributed by atoms with Gasteiger partial charge in [0.2, 0.25) is 0 Å². The lowest BCUT2D eigenvalue weighted by molar-refractivity contribution is 0.355. The van der Waals surface area contributed by atoms with E-state index in [0.29, 0.717) is 34.0 Å². The Kier molecular flexibility index (Phi) is 8.01. The number of fused-ring (bicyclic) bond motifs is 1. The van der Waals surface area contributed by atoms with Gasteiger partial charge in [0.05, 0.1) is 42.3 Å². The minimum absolute atomic E-state index is 0.227. The van der Waals surface area contributed by atoms with Crippen molar-refractivity contribution in [2.24, 2.45) is 0 Å². The van der Waals surface area contributed by atoms with Crippen molar-refractivity contribution < 1.29 is 9.47 Å². The Morgan fingerprint density at radius 3 is 2.00 bits per heavy atom. The van der Waals surface area contributed by atoms with E-state index < -0.39 is 0 Å². The van der Waals surface area contributed by atoms with Crippen molar-refractivity contribution in [3.05, 3.63) is 76.8 Å². The molecule has 0 radical (unpaired) electrons. The molecule has 5 aromatic rings. The van der Waals surface area contributed by atoms with Crippen molar-refractivity contribution in [2.45, 2.75) is 20.7 Å². The van der Waals surface area contributed by atoms with Crippen LogP contribution in [0.4, 0.5) is 0 Å². The fourth-order valence-corrected chi connectivity index (χ4v) is 5.62. The summed E-state index contributed by atoms with van der Waals surface area (Å²) >= 11 is 4.90. The standard InChI is InChI=1S/C28H26N4O3S3/c1-34-22-13-20-21(14-23(22)35-2)29-24(30-27(20)33)15-38-28-31-25(16-5-9-18(36-3)10-6-16)26(32-28)17-7-11-19(37-4)12-8-17/h5-14H,15H2,1-4H3,(H,31,32)(H,29,30,33). The number of aromatic nitrogens is 4. The topological polar surface area (TPSA) is 92.9 Å². The van der Waals surface area contributed by atoms with Gasteiger partial charge >= 0.3 is 0 Å². The van der Waals surface area contributed by atoms with Crippen LogP contribution in [0.3, 0.4) is 0 Å². The lowest BCUT2D eigenvalue weighted by Gasteiger charge is -2.09. The molecule has 0 bridgehead atoms. The van der Waals surface area contributed by atoms with Crippen LogP contribution in [-0.2, 0) is 5.75 Å². The Bertz CT molecular complexity index is 1570. The van der Waals surface area contributed by atoms with Gasteiger partial charge in [-0.2, -0.15) is 0 Å². The van der Waals surface area contributed by atoms with E-state index in [1.807, 2.05) is 0 Å². The minimum Gasteiger partial charge on any atom is -0.493 e. The molecule has 5 rings (SSSR count). The number of hydrogen-bond acceptors (Lipinski definition) is 8. The van der Waals surface area contributed by atoms with E-state index in [4.69, 9.17) is 14.5 Å². The molecule has 2 aromatic heterocycles. The highest BCUT2D eigenvalue weighted by molar-refractivity contribution is 7.99. The van der Waals surface area contributed by atoms with Gasteiger partial charge in [0, 0.05) is 27.0 Å². The maximum absolute atomic E-state index is 12.8. The van der Waals surface area contributed by atoms with Gasteiger partial charge in [0.15, 0.2) is 16.7 Å². The first-order chi connectivity index (χ1) is 18.5. The summed E-state index contributed by atoms with van der Waals surface area (Å²) in [6.45, 7) is 0. The molecule has 2 N–H and O–H groups in total. The van der Waals surface area contributed by atoms with Crippen LogP contribution in [0.25, 0.3) is 33.4 Å². The van der Waals surface area contributed by atoms with Crippen LogP contribution < -0.4 is 15.0 Å². The minimum atomic E-state index is -0.227. The molecule has 2 heterocycles. The molecule has 7 nitrogen and oxygen atoms in total. The summed E-state index contributed by atoms with van der Waals surface area (Å²) in [6, 6.07) is 20.2. The predicted molar refractivity (Wildman–Crippen MR) is 158 cm³/mol. The summed E-state index contributed by atoms with van der Waals surface area (Å²) in [4.78, 5) is 31.2. The van der Waals surface area contributed by atoms with Gasteiger partial charge in [-0.05, 0) is 42.8 Å². The van der Waals surface area contributed by atoms with E-state index in [-0.39, 0.29) is 5.56 Å². The van der Waals surface area contributed by atoms with Crippen molar-refractivity contribution >= 4 is 46.2 Å². The summed E-state index contributed by atoms with van der Waals surface area (Å²) in [5.74, 6) is 1.99. The number of imidazole rings is 1. The summed E-state index contributed by atoms with van der Waals surface area (Å²) in [6.07, 6.45) is 4.13. The molecule has 10 heteroatoms. The van der Waals surface area contributed by atoms with Crippen molar-refractivity contribution in [3.63, 3.8) is 0 Å². The molecule has 3 aromatic carbocycles. The monoisotopic (exact) mass is 562 g/mol. The van der Waals surface area contributed by atoms with Crippen LogP contribution in [0.2, 0.25) is 0 Å². The van der Waals surface area contributed by atoms with Crippen molar-refractivity contribution in [1.82, 2.24) is 19.9 Å². The second-order valence-corrected chi connectivity index (χ2v) is 11.0. The number of nitrogens with one attached hydrogen (secondary N) is 2. The van der Waals surface area contributed by atoms with Gasteiger partial charge in [0.1, 0.15) is 5.82 Å². The first-order valence-electron chi connectivity index (χ1n) is 11.7. The summed E-state index contributed by atoms with van der Waals surface area (Å²) in [7, 11) is 3.10. The van der Waals surface area contributed by atoms with Crippen LogP contribution in [0.15, 0.2) is 80.4 Å². The number of benzene rings is 3. The Morgan fingerprint density at radius 2 is 1.39 bits per heavy atom. The maximum atomic E-state index is 12.8. The molecule has 0 aliphatic heterocycles. The van der Waals surface area contributed by atoms with E-state index >= 15 is 0 Å². The van der Waals surface area contributed by atoms with E-state index in [0.717, 1.165) is 27.7 Å². The van der Waals surface area contributed by atoms with Crippen LogP contribution >= 0.6 is 35.3 Å². The number of rotatable bonds is 9. The SMILES string of the molecule is COc1cc2nc(CSc3nc(-c4ccc(SC)cc4)c(-c4ccc(SC)cc4)[nH]3)[nH]c(=O)c2cc1OC. The number of hydrogen-bond donors (Lipinski definition) is 2. The normalized spacial score (nSPS) is 11.2. The number of H-pyrrole nitrogens is 2. The third-order valence-electron chi connectivity index (χ3n) is 6.03. The molecule has 194 valence electrons. The fourth-order valence-electron chi connectivity index (χ4n) is 4.06. The van der Waals surface area contributed by atoms with Gasteiger partial charge in [-0.25, -0.2) is 9.97 Å². The van der Waals surface area contributed by atoms with Gasteiger partial charge in [0.25, 0.3) is 5.56 Å². The molecular weight excluding hydrogens is 537 g/mol. The largest absolute Gasteiger partial charge is 0.493 e. The van der Waals surface area contributed by atoms with Gasteiger partial charge in [-0.15, -0.1) is 23.5 Å². The maximum Gasteiger partial charge on any atom is 0.258 e. The average Bonchev–Trinajstić information content (AvgIpc) is 3.39. The lowest BCUT2D eigenvalue weighted by Crippen LogP contribution is -2.11. The molecule has 0 unspecified atom stereocenters. The summed E-state index contributed by atoms with van der Waals surface area (Å²) < 4.78 is 10.7. The van der Waals surface area contributed by atoms with Crippen LogP contribution in [-0.4, -0.2) is 46.7 Å². The zero-order valence-corrected chi connectivity index (χ0v) is 23.8. The highest BCUT2D eigenvalue weighted by Gasteiger charge is 2.16. The molecule has 0 spiro atoms. The molecule has 0 saturated heterocycles. The van der Waals surface area contributed by atoms with Crippen molar-refractivity contribution in [3.8, 4) is 34.0 Å². The predicted octanol–water partition coefficient (Wildman–Crippen LogP) is 6.73. The highest BCUT2D eigenvalue weighted by atomic mass is 32.2. The molecule has 0 amide bonds. The van der Waals surface area contributed by atoms with Crippen LogP contribution in [0.5, 0.6) is 11.5 Å². The number of thioether (sulfide) groups is 3. The van der Waals surface area contributed by atoms with E-state index in [2.05, 4.69) is 76.0 Å². The molecule has 0 atom stereocenters. The molecule has 0 aliphatic rings. The molecular formula is C28H26N4O3S3.